The van der Waals surface area contributed by atoms with Crippen LogP contribution in [0.15, 0.2) is 46.6 Å². The van der Waals surface area contributed by atoms with E-state index in [1.165, 1.54) is 9.14 Å². The summed E-state index contributed by atoms with van der Waals surface area (Å²) in [5.41, 5.74) is 1.25. The molecule has 1 aromatic carbocycles. The molecule has 0 nitrogen and oxygen atoms in total. The summed E-state index contributed by atoms with van der Waals surface area (Å²) in [7, 11) is 0. The van der Waals surface area contributed by atoms with Gasteiger partial charge < -0.3 is 0 Å². The molecule has 0 aliphatic rings. The third-order valence-electron chi connectivity index (χ3n) is 1.46. The van der Waals surface area contributed by atoms with E-state index in [1.54, 1.807) is 0 Å². The number of allylic oxidation sites excluding steroid dienone is 2. The first kappa shape index (κ1) is 9.52. The minimum Gasteiger partial charge on any atom is -0.103 e. The number of halogens is 1. The van der Waals surface area contributed by atoms with Gasteiger partial charge in [-0.25, -0.2) is 0 Å². The van der Waals surface area contributed by atoms with Crippen LogP contribution in [-0.2, 0) is 0 Å². The zero-order valence-corrected chi connectivity index (χ0v) is 8.99. The van der Waals surface area contributed by atoms with Gasteiger partial charge in [0.15, 0.2) is 0 Å². The minimum atomic E-state index is 0.954. The van der Waals surface area contributed by atoms with Gasteiger partial charge in [0.2, 0.25) is 0 Å². The lowest BCUT2D eigenvalue weighted by Crippen LogP contribution is -1.71. The van der Waals surface area contributed by atoms with Crippen molar-refractivity contribution in [3.63, 3.8) is 0 Å². The van der Waals surface area contributed by atoms with Crippen molar-refractivity contribution < 1.29 is 0 Å². The van der Waals surface area contributed by atoms with Crippen LogP contribution in [0.5, 0.6) is 0 Å². The van der Waals surface area contributed by atoms with Gasteiger partial charge in [-0.3, -0.25) is 0 Å². The van der Waals surface area contributed by atoms with Crippen LogP contribution in [0.4, 0.5) is 0 Å². The second kappa shape index (κ2) is 5.14. The molecular weight excluding hydrogens is 259 g/mol. The van der Waals surface area contributed by atoms with Crippen molar-refractivity contribution in [3.8, 4) is 0 Å². The lowest BCUT2D eigenvalue weighted by molar-refractivity contribution is 1.41. The van der Waals surface area contributed by atoms with Crippen LogP contribution in [0, 0.1) is 0 Å². The zero-order valence-electron chi connectivity index (χ0n) is 6.83. The molecule has 1 heteroatoms. The fourth-order valence-corrected chi connectivity index (χ4v) is 1.60. The topological polar surface area (TPSA) is 0 Å². The van der Waals surface area contributed by atoms with E-state index in [0.29, 0.717) is 0 Å². The van der Waals surface area contributed by atoms with E-state index in [2.05, 4.69) is 47.4 Å². The van der Waals surface area contributed by atoms with E-state index in [4.69, 9.17) is 0 Å². The highest BCUT2D eigenvalue weighted by Crippen LogP contribution is 2.16. The summed E-state index contributed by atoms with van der Waals surface area (Å²) in [6.45, 7) is 3.70. The Hall–Kier alpha value is -0.570. The van der Waals surface area contributed by atoms with Gasteiger partial charge in [-0.05, 0) is 44.2 Å². The van der Waals surface area contributed by atoms with Crippen LogP contribution in [0.2, 0.25) is 0 Å². The lowest BCUT2D eigenvalue weighted by Gasteiger charge is -1.94. The summed E-state index contributed by atoms with van der Waals surface area (Å²) in [6, 6.07) is 10.3. The van der Waals surface area contributed by atoms with Crippen molar-refractivity contribution >= 4 is 28.7 Å². The van der Waals surface area contributed by atoms with E-state index >= 15 is 0 Å². The van der Waals surface area contributed by atoms with Gasteiger partial charge in [-0.15, -0.1) is 6.58 Å². The summed E-state index contributed by atoms with van der Waals surface area (Å²) in [5.74, 6) is 0. The molecular formula is C11H11I. The van der Waals surface area contributed by atoms with Gasteiger partial charge in [0.05, 0.1) is 0 Å². The van der Waals surface area contributed by atoms with Crippen molar-refractivity contribution in [1.29, 1.82) is 0 Å². The maximum atomic E-state index is 3.70. The molecule has 0 N–H and O–H groups in total. The van der Waals surface area contributed by atoms with Crippen LogP contribution < -0.4 is 0 Å². The van der Waals surface area contributed by atoms with E-state index in [-0.39, 0.29) is 0 Å². The highest BCUT2D eigenvalue weighted by molar-refractivity contribution is 14.1. The van der Waals surface area contributed by atoms with E-state index in [0.717, 1.165) is 6.42 Å². The first-order valence-electron chi connectivity index (χ1n) is 3.85. The van der Waals surface area contributed by atoms with Gasteiger partial charge >= 0.3 is 0 Å². The highest BCUT2D eigenvalue weighted by Gasteiger charge is 1.88. The quantitative estimate of drug-likeness (QED) is 0.574. The average Bonchev–Trinajstić information content (AvgIpc) is 2.06. The molecule has 0 aliphatic carbocycles. The molecule has 0 amide bonds. The van der Waals surface area contributed by atoms with Gasteiger partial charge in [0.25, 0.3) is 0 Å². The largest absolute Gasteiger partial charge is 0.103 e. The number of benzene rings is 1. The summed E-state index contributed by atoms with van der Waals surface area (Å²) in [5, 5.41) is 0. The summed E-state index contributed by atoms with van der Waals surface area (Å²) >= 11 is 2.33. The number of rotatable bonds is 3. The molecule has 12 heavy (non-hydrogen) atoms. The Morgan fingerprint density at radius 1 is 1.33 bits per heavy atom. The van der Waals surface area contributed by atoms with Crippen molar-refractivity contribution in [3.05, 3.63) is 52.1 Å². The van der Waals surface area contributed by atoms with Crippen LogP contribution in [-0.4, -0.2) is 0 Å². The highest BCUT2D eigenvalue weighted by atomic mass is 127. The predicted molar refractivity (Wildman–Crippen MR) is 63.3 cm³/mol. The monoisotopic (exact) mass is 270 g/mol. The normalized spacial score (nSPS) is 11.2. The fraction of sp³-hybridized carbons (Fsp3) is 0.0909. The maximum absolute atomic E-state index is 3.70. The van der Waals surface area contributed by atoms with Crippen molar-refractivity contribution in [2.24, 2.45) is 0 Å². The Balaban J connectivity index is 2.74. The van der Waals surface area contributed by atoms with Crippen molar-refractivity contribution in [2.75, 3.05) is 0 Å². The number of hydrogen-bond acceptors (Lipinski definition) is 0. The molecule has 0 heterocycles. The predicted octanol–water partition coefficient (Wildman–Crippen LogP) is 4.04. The van der Waals surface area contributed by atoms with E-state index in [9.17, 15) is 0 Å². The molecule has 0 bridgehead atoms. The SMILES string of the molecule is C=CC/C(I)=C/c1ccccc1. The van der Waals surface area contributed by atoms with Gasteiger partial charge in [-0.2, -0.15) is 0 Å². The fourth-order valence-electron chi connectivity index (χ4n) is 0.927. The molecule has 0 saturated heterocycles. The first-order valence-corrected chi connectivity index (χ1v) is 4.93. The summed E-state index contributed by atoms with van der Waals surface area (Å²) in [6.07, 6.45) is 5.04. The molecule has 0 unspecified atom stereocenters. The van der Waals surface area contributed by atoms with Crippen LogP contribution in [0.1, 0.15) is 12.0 Å². The van der Waals surface area contributed by atoms with Crippen molar-refractivity contribution in [2.45, 2.75) is 6.42 Å². The van der Waals surface area contributed by atoms with Gasteiger partial charge in [0.1, 0.15) is 0 Å². The standard InChI is InChI=1S/C11H11I/c1-2-6-11(12)9-10-7-4-3-5-8-10/h2-5,7-9H,1,6H2/b11-9-. The lowest BCUT2D eigenvalue weighted by atomic mass is 10.2. The molecule has 0 spiro atoms. The summed E-state index contributed by atoms with van der Waals surface area (Å²) < 4.78 is 1.31. The van der Waals surface area contributed by atoms with Crippen LogP contribution in [0.3, 0.4) is 0 Å². The van der Waals surface area contributed by atoms with Gasteiger partial charge in [0, 0.05) is 0 Å². The molecule has 0 atom stereocenters. The molecule has 0 radical (unpaired) electrons. The average molecular weight is 270 g/mol. The zero-order chi connectivity index (χ0) is 8.81. The third-order valence-corrected chi connectivity index (χ3v) is 2.21. The summed E-state index contributed by atoms with van der Waals surface area (Å²) in [4.78, 5) is 0. The minimum absolute atomic E-state index is 0.954. The molecule has 0 fully saturated rings. The molecule has 62 valence electrons. The van der Waals surface area contributed by atoms with Gasteiger partial charge in [-0.1, -0.05) is 36.4 Å². The molecule has 1 rings (SSSR count). The molecule has 0 aromatic heterocycles. The Morgan fingerprint density at radius 3 is 2.58 bits per heavy atom. The van der Waals surface area contributed by atoms with Crippen LogP contribution >= 0.6 is 22.6 Å². The Morgan fingerprint density at radius 2 is 2.00 bits per heavy atom. The molecule has 0 saturated carbocycles. The second-order valence-electron chi connectivity index (χ2n) is 2.49. The van der Waals surface area contributed by atoms with E-state index in [1.807, 2.05) is 24.3 Å². The Kier molecular flexibility index (Phi) is 4.08. The number of hydrogen-bond donors (Lipinski definition) is 0. The van der Waals surface area contributed by atoms with E-state index < -0.39 is 0 Å². The van der Waals surface area contributed by atoms with Crippen molar-refractivity contribution in [1.82, 2.24) is 0 Å². The second-order valence-corrected chi connectivity index (χ2v) is 3.88. The first-order chi connectivity index (χ1) is 5.83. The third kappa shape index (κ3) is 3.22. The van der Waals surface area contributed by atoms with Crippen LogP contribution in [0.25, 0.3) is 6.08 Å². The maximum Gasteiger partial charge on any atom is -0.00416 e. The Labute approximate surface area is 87.1 Å². The Bertz CT molecular complexity index is 272. The smallest absolute Gasteiger partial charge is 0.00416 e. The molecule has 1 aromatic rings. The molecule has 0 aliphatic heterocycles.